The van der Waals surface area contributed by atoms with Crippen molar-refractivity contribution in [3.05, 3.63) is 23.9 Å². The number of carboxylic acid groups (broad SMARTS) is 1. The minimum atomic E-state index is -0.984. The van der Waals surface area contributed by atoms with Crippen molar-refractivity contribution in [3.63, 3.8) is 0 Å². The van der Waals surface area contributed by atoms with Gasteiger partial charge in [0.2, 0.25) is 0 Å². The average molecular weight is 262 g/mol. The van der Waals surface area contributed by atoms with Gasteiger partial charge in [-0.2, -0.15) is 0 Å². The van der Waals surface area contributed by atoms with E-state index in [1.54, 1.807) is 6.07 Å². The second-order valence-electron chi connectivity index (χ2n) is 5.41. The lowest BCUT2D eigenvalue weighted by atomic mass is 10.1. The van der Waals surface area contributed by atoms with E-state index in [9.17, 15) is 4.79 Å². The molecule has 19 heavy (non-hydrogen) atoms. The molecule has 0 radical (unpaired) electrons. The zero-order valence-corrected chi connectivity index (χ0v) is 11.0. The molecule has 2 heterocycles. The highest BCUT2D eigenvalue weighted by Crippen LogP contribution is 2.37. The van der Waals surface area contributed by atoms with Crippen LogP contribution >= 0.6 is 0 Å². The average Bonchev–Trinajstić information content (AvgIpc) is 3.22. The van der Waals surface area contributed by atoms with Crippen molar-refractivity contribution in [2.75, 3.05) is 18.0 Å². The van der Waals surface area contributed by atoms with Crippen molar-refractivity contribution >= 4 is 11.8 Å². The Morgan fingerprint density at radius 2 is 2.21 bits per heavy atom. The minimum Gasteiger partial charge on any atom is -0.477 e. The Bertz CT molecular complexity index is 487. The summed E-state index contributed by atoms with van der Waals surface area (Å²) in [5, 5.41) is 9.00. The third-order valence-corrected chi connectivity index (χ3v) is 3.71. The standard InChI is InChI=1S/C14H18N2O3/c1-9-7-16(8-12(19-9)10-5-6-10)13-4-2-3-11(15-13)14(17)18/h2-4,9-10,12H,5-8H2,1H3,(H,17,18). The maximum Gasteiger partial charge on any atom is 0.354 e. The van der Waals surface area contributed by atoms with E-state index >= 15 is 0 Å². The summed E-state index contributed by atoms with van der Waals surface area (Å²) in [7, 11) is 0. The van der Waals surface area contributed by atoms with Crippen LogP contribution in [-0.2, 0) is 4.74 Å². The van der Waals surface area contributed by atoms with E-state index in [0.29, 0.717) is 5.92 Å². The predicted octanol–water partition coefficient (Wildman–Crippen LogP) is 1.78. The van der Waals surface area contributed by atoms with Crippen molar-refractivity contribution < 1.29 is 14.6 Å². The van der Waals surface area contributed by atoms with Gasteiger partial charge in [0.05, 0.1) is 12.2 Å². The highest BCUT2D eigenvalue weighted by Gasteiger charge is 2.37. The Morgan fingerprint density at radius 1 is 1.42 bits per heavy atom. The summed E-state index contributed by atoms with van der Waals surface area (Å²) in [4.78, 5) is 17.3. The van der Waals surface area contributed by atoms with Crippen molar-refractivity contribution in [1.82, 2.24) is 4.98 Å². The second-order valence-corrected chi connectivity index (χ2v) is 5.41. The van der Waals surface area contributed by atoms with Crippen LogP contribution in [0.15, 0.2) is 18.2 Å². The number of morpholine rings is 1. The quantitative estimate of drug-likeness (QED) is 0.899. The lowest BCUT2D eigenvalue weighted by Gasteiger charge is -2.37. The summed E-state index contributed by atoms with van der Waals surface area (Å²) in [6, 6.07) is 5.14. The van der Waals surface area contributed by atoms with Gasteiger partial charge in [0.15, 0.2) is 5.69 Å². The largest absolute Gasteiger partial charge is 0.477 e. The number of aromatic carboxylic acids is 1. The van der Waals surface area contributed by atoms with Gasteiger partial charge >= 0.3 is 5.97 Å². The first-order chi connectivity index (χ1) is 9.13. The molecule has 1 saturated carbocycles. The summed E-state index contributed by atoms with van der Waals surface area (Å²) >= 11 is 0. The normalized spacial score (nSPS) is 27.3. The van der Waals surface area contributed by atoms with E-state index in [1.807, 2.05) is 6.07 Å². The first kappa shape index (κ1) is 12.4. The lowest BCUT2D eigenvalue weighted by Crippen LogP contribution is -2.48. The molecule has 1 saturated heterocycles. The molecule has 0 bridgehead atoms. The number of nitrogens with zero attached hydrogens (tertiary/aromatic N) is 2. The van der Waals surface area contributed by atoms with Gasteiger partial charge in [-0.3, -0.25) is 0 Å². The minimum absolute atomic E-state index is 0.0969. The summed E-state index contributed by atoms with van der Waals surface area (Å²) in [5.41, 5.74) is 0.0969. The molecule has 0 spiro atoms. The van der Waals surface area contributed by atoms with Gasteiger partial charge in [-0.1, -0.05) is 6.07 Å². The molecule has 1 aliphatic heterocycles. The molecule has 2 atom stereocenters. The van der Waals surface area contributed by atoms with E-state index in [1.165, 1.54) is 18.9 Å². The summed E-state index contributed by atoms with van der Waals surface area (Å²) < 4.78 is 5.95. The number of rotatable bonds is 3. The number of carbonyl (C=O) groups is 1. The molecule has 3 rings (SSSR count). The third kappa shape index (κ3) is 2.71. The molecule has 5 nitrogen and oxygen atoms in total. The Kier molecular flexibility index (Phi) is 3.14. The molecule has 102 valence electrons. The van der Waals surface area contributed by atoms with Crippen LogP contribution in [0.25, 0.3) is 0 Å². The molecular formula is C14H18N2O3. The molecule has 2 fully saturated rings. The van der Waals surface area contributed by atoms with Crippen LogP contribution in [0.2, 0.25) is 0 Å². The van der Waals surface area contributed by atoms with Crippen molar-refractivity contribution in [2.24, 2.45) is 5.92 Å². The summed E-state index contributed by atoms with van der Waals surface area (Å²) in [5.74, 6) is 0.426. The Balaban J connectivity index is 1.79. The topological polar surface area (TPSA) is 62.7 Å². The summed E-state index contributed by atoms with van der Waals surface area (Å²) in [6.07, 6.45) is 2.91. The number of pyridine rings is 1. The highest BCUT2D eigenvalue weighted by molar-refractivity contribution is 5.85. The smallest absolute Gasteiger partial charge is 0.354 e. The van der Waals surface area contributed by atoms with E-state index in [0.717, 1.165) is 18.9 Å². The fourth-order valence-electron chi connectivity index (χ4n) is 2.62. The van der Waals surface area contributed by atoms with Crippen LogP contribution in [0.3, 0.4) is 0 Å². The van der Waals surface area contributed by atoms with Gasteiger partial charge in [-0.05, 0) is 37.8 Å². The van der Waals surface area contributed by atoms with Gasteiger partial charge in [-0.25, -0.2) is 9.78 Å². The van der Waals surface area contributed by atoms with E-state index in [-0.39, 0.29) is 17.9 Å². The zero-order valence-electron chi connectivity index (χ0n) is 11.0. The second kappa shape index (κ2) is 4.81. The van der Waals surface area contributed by atoms with Gasteiger partial charge in [0.25, 0.3) is 0 Å². The first-order valence-electron chi connectivity index (χ1n) is 6.74. The molecule has 1 aromatic heterocycles. The van der Waals surface area contributed by atoms with Crippen LogP contribution in [0.4, 0.5) is 5.82 Å². The van der Waals surface area contributed by atoms with Crippen LogP contribution in [-0.4, -0.2) is 41.4 Å². The number of hydrogen-bond acceptors (Lipinski definition) is 4. The van der Waals surface area contributed by atoms with Gasteiger partial charge in [0, 0.05) is 13.1 Å². The molecular weight excluding hydrogens is 244 g/mol. The summed E-state index contributed by atoms with van der Waals surface area (Å²) in [6.45, 7) is 3.63. The Labute approximate surface area is 112 Å². The molecule has 0 amide bonds. The van der Waals surface area contributed by atoms with Gasteiger partial charge < -0.3 is 14.7 Å². The highest BCUT2D eigenvalue weighted by atomic mass is 16.5. The molecule has 0 aromatic carbocycles. The molecule has 1 aromatic rings. The van der Waals surface area contributed by atoms with E-state index < -0.39 is 5.97 Å². The zero-order chi connectivity index (χ0) is 13.4. The fourth-order valence-corrected chi connectivity index (χ4v) is 2.62. The number of hydrogen-bond donors (Lipinski definition) is 1. The van der Waals surface area contributed by atoms with E-state index in [2.05, 4.69) is 16.8 Å². The monoisotopic (exact) mass is 262 g/mol. The maximum absolute atomic E-state index is 11.0. The molecule has 5 heteroatoms. The van der Waals surface area contributed by atoms with Crippen LogP contribution in [0.5, 0.6) is 0 Å². The Morgan fingerprint density at radius 3 is 2.89 bits per heavy atom. The fraction of sp³-hybridized carbons (Fsp3) is 0.571. The van der Waals surface area contributed by atoms with Crippen molar-refractivity contribution in [1.29, 1.82) is 0 Å². The van der Waals surface area contributed by atoms with Gasteiger partial charge in [-0.15, -0.1) is 0 Å². The Hall–Kier alpha value is -1.62. The van der Waals surface area contributed by atoms with Gasteiger partial charge in [0.1, 0.15) is 5.82 Å². The van der Waals surface area contributed by atoms with Crippen molar-refractivity contribution in [3.8, 4) is 0 Å². The van der Waals surface area contributed by atoms with Crippen LogP contribution in [0.1, 0.15) is 30.3 Å². The molecule has 2 aliphatic rings. The maximum atomic E-state index is 11.0. The lowest BCUT2D eigenvalue weighted by molar-refractivity contribution is -0.0273. The first-order valence-corrected chi connectivity index (χ1v) is 6.74. The number of aromatic nitrogens is 1. The number of carboxylic acids is 1. The SMILES string of the molecule is CC1CN(c2cccc(C(=O)O)n2)CC(C2CC2)O1. The van der Waals surface area contributed by atoms with Crippen LogP contribution in [0, 0.1) is 5.92 Å². The molecule has 2 unspecified atom stereocenters. The van der Waals surface area contributed by atoms with Crippen LogP contribution < -0.4 is 4.90 Å². The van der Waals surface area contributed by atoms with E-state index in [4.69, 9.17) is 9.84 Å². The number of ether oxygens (including phenoxy) is 1. The van der Waals surface area contributed by atoms with Crippen molar-refractivity contribution in [2.45, 2.75) is 32.0 Å². The molecule has 1 N–H and O–H groups in total. The third-order valence-electron chi connectivity index (χ3n) is 3.71. The predicted molar refractivity (Wildman–Crippen MR) is 70.5 cm³/mol. The molecule has 1 aliphatic carbocycles. The number of anilines is 1.